The van der Waals surface area contributed by atoms with Gasteiger partial charge in [0.25, 0.3) is 0 Å². The number of hydrogen-bond donors (Lipinski definition) is 1. The molecule has 2 aromatic rings. The topological polar surface area (TPSA) is 44.8 Å². The largest absolute Gasteiger partial charge is 0.352 e. The highest BCUT2D eigenvalue weighted by atomic mass is 19.1. The molecular weight excluding hydrogens is 195 g/mol. The Morgan fingerprint density at radius 1 is 1.47 bits per heavy atom. The molecule has 3 heterocycles. The van der Waals surface area contributed by atoms with Crippen LogP contribution in [-0.4, -0.2) is 34.2 Å². The van der Waals surface area contributed by atoms with Gasteiger partial charge < -0.3 is 9.88 Å². The van der Waals surface area contributed by atoms with Crippen molar-refractivity contribution in [3.8, 4) is 0 Å². The van der Waals surface area contributed by atoms with Gasteiger partial charge in [0.1, 0.15) is 11.7 Å². The zero-order valence-electron chi connectivity index (χ0n) is 8.15. The maximum Gasteiger partial charge on any atom is 0.156 e. The molecule has 0 radical (unpaired) electrons. The van der Waals surface area contributed by atoms with E-state index >= 15 is 0 Å². The Balaban J connectivity index is 2.06. The summed E-state index contributed by atoms with van der Waals surface area (Å²) in [6, 6.07) is 1.87. The number of pyridine rings is 1. The molecule has 1 saturated heterocycles. The van der Waals surface area contributed by atoms with Crippen LogP contribution >= 0.6 is 0 Å². The predicted molar refractivity (Wildman–Crippen MR) is 55.6 cm³/mol. The third kappa shape index (κ3) is 1.35. The Morgan fingerprint density at radius 2 is 2.40 bits per heavy atom. The minimum Gasteiger partial charge on any atom is -0.352 e. The molecular formula is C10H11FN4. The normalized spacial score (nSPS) is 21.4. The fraction of sp³-hybridized carbons (Fsp3) is 0.400. The standard InChI is InChI=1S/C10H11FN4/c11-7-2-4-15(5-7)10-9-8(1-3-12-10)13-6-14-9/h1,3,6-7H,2,4-5H2,(H,13,14)/t7-/m0/s1. The minimum atomic E-state index is -0.735. The van der Waals surface area contributed by atoms with Gasteiger partial charge in [0, 0.05) is 12.7 Å². The Morgan fingerprint density at radius 3 is 3.20 bits per heavy atom. The smallest absolute Gasteiger partial charge is 0.156 e. The van der Waals surface area contributed by atoms with Gasteiger partial charge in [0.15, 0.2) is 5.82 Å². The number of nitrogens with zero attached hydrogens (tertiary/aromatic N) is 3. The molecule has 1 aliphatic heterocycles. The lowest BCUT2D eigenvalue weighted by Gasteiger charge is -2.15. The first-order chi connectivity index (χ1) is 7.34. The molecule has 0 bridgehead atoms. The molecule has 78 valence electrons. The average molecular weight is 206 g/mol. The second-order valence-electron chi connectivity index (χ2n) is 3.77. The fourth-order valence-electron chi connectivity index (χ4n) is 1.99. The summed E-state index contributed by atoms with van der Waals surface area (Å²) in [4.78, 5) is 13.5. The molecule has 3 rings (SSSR count). The molecule has 1 aliphatic rings. The molecule has 15 heavy (non-hydrogen) atoms. The van der Waals surface area contributed by atoms with Crippen molar-refractivity contribution >= 4 is 16.9 Å². The fourth-order valence-corrected chi connectivity index (χ4v) is 1.99. The van der Waals surface area contributed by atoms with E-state index in [0.717, 1.165) is 23.4 Å². The van der Waals surface area contributed by atoms with Crippen LogP contribution in [0.1, 0.15) is 6.42 Å². The van der Waals surface area contributed by atoms with Crippen molar-refractivity contribution in [2.75, 3.05) is 18.0 Å². The van der Waals surface area contributed by atoms with Gasteiger partial charge in [-0.2, -0.15) is 0 Å². The summed E-state index contributed by atoms with van der Waals surface area (Å²) >= 11 is 0. The van der Waals surface area contributed by atoms with E-state index in [1.165, 1.54) is 0 Å². The number of nitrogens with one attached hydrogen (secondary N) is 1. The summed E-state index contributed by atoms with van der Waals surface area (Å²) < 4.78 is 13.1. The number of anilines is 1. The SMILES string of the molecule is F[C@H]1CCN(c2nccc3[nH]cnc23)C1. The first kappa shape index (κ1) is 8.64. The zero-order chi connectivity index (χ0) is 10.3. The van der Waals surface area contributed by atoms with Crippen molar-refractivity contribution in [3.05, 3.63) is 18.6 Å². The van der Waals surface area contributed by atoms with Crippen LogP contribution in [0.3, 0.4) is 0 Å². The second kappa shape index (κ2) is 3.18. The van der Waals surface area contributed by atoms with E-state index in [-0.39, 0.29) is 0 Å². The van der Waals surface area contributed by atoms with E-state index in [2.05, 4.69) is 15.0 Å². The van der Waals surface area contributed by atoms with Crippen molar-refractivity contribution in [2.24, 2.45) is 0 Å². The highest BCUT2D eigenvalue weighted by Gasteiger charge is 2.24. The maximum absolute atomic E-state index is 13.1. The van der Waals surface area contributed by atoms with E-state index in [4.69, 9.17) is 0 Å². The molecule has 0 unspecified atom stereocenters. The van der Waals surface area contributed by atoms with Crippen LogP contribution in [0.4, 0.5) is 10.2 Å². The maximum atomic E-state index is 13.1. The third-order valence-electron chi connectivity index (χ3n) is 2.75. The molecule has 0 spiro atoms. The molecule has 0 saturated carbocycles. The summed E-state index contributed by atoms with van der Waals surface area (Å²) in [6.07, 6.45) is 3.21. The van der Waals surface area contributed by atoms with Gasteiger partial charge in [-0.05, 0) is 12.5 Å². The van der Waals surface area contributed by atoms with Crippen molar-refractivity contribution in [1.82, 2.24) is 15.0 Å². The zero-order valence-corrected chi connectivity index (χ0v) is 8.15. The highest BCUT2D eigenvalue weighted by Crippen LogP contribution is 2.25. The van der Waals surface area contributed by atoms with E-state index < -0.39 is 6.17 Å². The lowest BCUT2D eigenvalue weighted by molar-refractivity contribution is 0.364. The van der Waals surface area contributed by atoms with Crippen LogP contribution in [0.2, 0.25) is 0 Å². The van der Waals surface area contributed by atoms with Crippen molar-refractivity contribution in [1.29, 1.82) is 0 Å². The average Bonchev–Trinajstić information content (AvgIpc) is 2.84. The van der Waals surface area contributed by atoms with Gasteiger partial charge in [-0.3, -0.25) is 0 Å². The molecule has 4 nitrogen and oxygen atoms in total. The number of H-pyrrole nitrogens is 1. The lowest BCUT2D eigenvalue weighted by Crippen LogP contribution is -2.21. The predicted octanol–water partition coefficient (Wildman–Crippen LogP) is 1.51. The second-order valence-corrected chi connectivity index (χ2v) is 3.77. The number of alkyl halides is 1. The quantitative estimate of drug-likeness (QED) is 0.769. The van der Waals surface area contributed by atoms with Crippen molar-refractivity contribution in [2.45, 2.75) is 12.6 Å². The number of aromatic amines is 1. The van der Waals surface area contributed by atoms with E-state index in [0.29, 0.717) is 13.0 Å². The number of halogens is 1. The molecule has 0 aliphatic carbocycles. The van der Waals surface area contributed by atoms with Gasteiger partial charge in [0.2, 0.25) is 0 Å². The Bertz CT molecular complexity index is 481. The summed E-state index contributed by atoms with van der Waals surface area (Å²) in [5, 5.41) is 0. The Labute approximate surface area is 86.1 Å². The number of fused-ring (bicyclic) bond motifs is 1. The van der Waals surface area contributed by atoms with Crippen molar-refractivity contribution < 1.29 is 4.39 Å². The number of imidazole rings is 1. The van der Waals surface area contributed by atoms with E-state index in [9.17, 15) is 4.39 Å². The minimum absolute atomic E-state index is 0.430. The van der Waals surface area contributed by atoms with Gasteiger partial charge in [-0.15, -0.1) is 0 Å². The molecule has 1 fully saturated rings. The van der Waals surface area contributed by atoms with Crippen LogP contribution in [0.15, 0.2) is 18.6 Å². The van der Waals surface area contributed by atoms with Crippen LogP contribution < -0.4 is 4.90 Å². The molecule has 0 aromatic carbocycles. The monoisotopic (exact) mass is 206 g/mol. The summed E-state index contributed by atoms with van der Waals surface area (Å²) in [6.45, 7) is 1.15. The Kier molecular flexibility index (Phi) is 1.83. The molecule has 1 N–H and O–H groups in total. The molecule has 5 heteroatoms. The first-order valence-electron chi connectivity index (χ1n) is 5.02. The van der Waals surface area contributed by atoms with Crippen molar-refractivity contribution in [3.63, 3.8) is 0 Å². The molecule has 2 aromatic heterocycles. The van der Waals surface area contributed by atoms with Crippen LogP contribution in [0.25, 0.3) is 11.0 Å². The van der Waals surface area contributed by atoms with Crippen LogP contribution in [0, 0.1) is 0 Å². The molecule has 0 amide bonds. The van der Waals surface area contributed by atoms with Crippen LogP contribution in [0.5, 0.6) is 0 Å². The summed E-state index contributed by atoms with van der Waals surface area (Å²) in [5.74, 6) is 0.786. The van der Waals surface area contributed by atoms with Gasteiger partial charge in [-0.25, -0.2) is 14.4 Å². The van der Waals surface area contributed by atoms with Gasteiger partial charge in [0.05, 0.1) is 18.4 Å². The third-order valence-corrected chi connectivity index (χ3v) is 2.75. The number of hydrogen-bond acceptors (Lipinski definition) is 3. The lowest BCUT2D eigenvalue weighted by atomic mass is 10.3. The first-order valence-corrected chi connectivity index (χ1v) is 5.02. The van der Waals surface area contributed by atoms with E-state index in [1.54, 1.807) is 12.5 Å². The molecule has 1 atom stereocenters. The van der Waals surface area contributed by atoms with Gasteiger partial charge >= 0.3 is 0 Å². The van der Waals surface area contributed by atoms with Crippen LogP contribution in [-0.2, 0) is 0 Å². The van der Waals surface area contributed by atoms with Gasteiger partial charge in [-0.1, -0.05) is 0 Å². The number of aromatic nitrogens is 3. The van der Waals surface area contributed by atoms with E-state index in [1.807, 2.05) is 11.0 Å². The highest BCUT2D eigenvalue weighted by molar-refractivity contribution is 5.85. The number of rotatable bonds is 1. The Hall–Kier alpha value is -1.65. The summed E-state index contributed by atoms with van der Waals surface area (Å²) in [5.41, 5.74) is 1.77. The summed E-state index contributed by atoms with van der Waals surface area (Å²) in [7, 11) is 0.